The lowest BCUT2D eigenvalue weighted by atomic mass is 9.94. The van der Waals surface area contributed by atoms with Gasteiger partial charge in [-0.15, -0.1) is 6.58 Å². The zero-order valence-corrected chi connectivity index (χ0v) is 18.6. The van der Waals surface area contributed by atoms with Crippen molar-refractivity contribution in [3.63, 3.8) is 0 Å². The van der Waals surface area contributed by atoms with Crippen LogP contribution >= 0.6 is 0 Å². The van der Waals surface area contributed by atoms with Crippen molar-refractivity contribution < 1.29 is 31.8 Å². The molecule has 0 aliphatic carbocycles. The molecule has 178 valence electrons. The van der Waals surface area contributed by atoms with Crippen molar-refractivity contribution in [3.05, 3.63) is 90.0 Å². The zero-order chi connectivity index (χ0) is 24.2. The van der Waals surface area contributed by atoms with Crippen molar-refractivity contribution >= 4 is 0 Å². The van der Waals surface area contributed by atoms with E-state index in [4.69, 9.17) is 14.2 Å². The van der Waals surface area contributed by atoms with E-state index in [9.17, 15) is 17.6 Å². The zero-order valence-electron chi connectivity index (χ0n) is 18.6. The Morgan fingerprint density at radius 3 is 1.94 bits per heavy atom. The fraction of sp³-hybridized carbons (Fsp3) is 0.259. The molecule has 34 heavy (non-hydrogen) atoms. The van der Waals surface area contributed by atoms with Gasteiger partial charge in [0.15, 0.2) is 29.5 Å². The number of methoxy groups -OCH3 is 1. The van der Waals surface area contributed by atoms with Gasteiger partial charge in [0.2, 0.25) is 5.82 Å². The lowest BCUT2D eigenvalue weighted by Crippen LogP contribution is -2.31. The minimum atomic E-state index is -1.09. The maximum atomic E-state index is 15.0. The van der Waals surface area contributed by atoms with Gasteiger partial charge < -0.3 is 14.2 Å². The van der Waals surface area contributed by atoms with Crippen LogP contribution in [0.2, 0.25) is 0 Å². The molecule has 4 rings (SSSR count). The molecule has 3 nitrogen and oxygen atoms in total. The average molecular weight is 472 g/mol. The van der Waals surface area contributed by atoms with E-state index < -0.39 is 29.2 Å². The second-order valence-electron chi connectivity index (χ2n) is 8.01. The van der Waals surface area contributed by atoms with Crippen molar-refractivity contribution in [1.82, 2.24) is 0 Å². The lowest BCUT2D eigenvalue weighted by molar-refractivity contribution is -0.189. The summed E-state index contributed by atoms with van der Waals surface area (Å²) in [7, 11) is 1.25. The second-order valence-corrected chi connectivity index (χ2v) is 8.01. The van der Waals surface area contributed by atoms with Gasteiger partial charge in [-0.2, -0.15) is 4.39 Å². The van der Waals surface area contributed by atoms with Crippen LogP contribution < -0.4 is 4.74 Å². The van der Waals surface area contributed by atoms with Crippen LogP contribution in [0.3, 0.4) is 0 Å². The summed E-state index contributed by atoms with van der Waals surface area (Å²) in [4.78, 5) is 0. The maximum absolute atomic E-state index is 15.0. The van der Waals surface area contributed by atoms with Crippen LogP contribution in [0.25, 0.3) is 22.3 Å². The number of hydrogen-bond donors (Lipinski definition) is 0. The van der Waals surface area contributed by atoms with Gasteiger partial charge in [0.05, 0.1) is 20.3 Å². The summed E-state index contributed by atoms with van der Waals surface area (Å²) in [6.07, 6.45) is 2.80. The smallest absolute Gasteiger partial charge is 0.201 e. The van der Waals surface area contributed by atoms with Gasteiger partial charge in [-0.3, -0.25) is 0 Å². The Kier molecular flexibility index (Phi) is 7.34. The second kappa shape index (κ2) is 10.4. The molecule has 1 aliphatic heterocycles. The Bertz CT molecular complexity index is 1170. The van der Waals surface area contributed by atoms with Gasteiger partial charge in [-0.25, -0.2) is 13.2 Å². The van der Waals surface area contributed by atoms with E-state index in [1.54, 1.807) is 6.08 Å². The van der Waals surface area contributed by atoms with Gasteiger partial charge in [-0.1, -0.05) is 42.5 Å². The van der Waals surface area contributed by atoms with E-state index in [0.717, 1.165) is 6.42 Å². The molecule has 0 spiro atoms. The molecule has 1 heterocycles. The highest BCUT2D eigenvalue weighted by molar-refractivity contribution is 5.71. The molecular weight excluding hydrogens is 448 g/mol. The quantitative estimate of drug-likeness (QED) is 0.274. The number of hydrogen-bond acceptors (Lipinski definition) is 3. The predicted octanol–water partition coefficient (Wildman–Crippen LogP) is 7.01. The van der Waals surface area contributed by atoms with Crippen LogP contribution in [0.4, 0.5) is 17.6 Å². The molecule has 0 bridgehead atoms. The normalized spacial score (nSPS) is 18.0. The van der Waals surface area contributed by atoms with Crippen LogP contribution in [0.5, 0.6) is 5.75 Å². The first-order valence-corrected chi connectivity index (χ1v) is 10.9. The van der Waals surface area contributed by atoms with Crippen LogP contribution in [-0.4, -0.2) is 26.6 Å². The van der Waals surface area contributed by atoms with Gasteiger partial charge >= 0.3 is 0 Å². The lowest BCUT2D eigenvalue weighted by Gasteiger charge is -2.30. The molecule has 0 atom stereocenters. The standard InChI is InChI=1S/C27H24F4O3/c1-3-4-5-23-33-14-18(15-34-23)21-11-10-19(24(28)25(21)29)16-6-8-17(9-7-16)20-12-13-22(32-2)27(31)26(20)30/h3,6-13,18,23H,1,4-5,14-15H2,2H3. The molecule has 0 saturated carbocycles. The molecule has 3 aromatic carbocycles. The molecule has 1 saturated heterocycles. The van der Waals surface area contributed by atoms with Crippen molar-refractivity contribution in [2.24, 2.45) is 0 Å². The van der Waals surface area contributed by atoms with Crippen LogP contribution in [0.1, 0.15) is 24.3 Å². The number of ether oxygens (including phenoxy) is 3. The first-order chi connectivity index (χ1) is 16.4. The third kappa shape index (κ3) is 4.72. The SMILES string of the molecule is C=CCCC1OCC(c2ccc(-c3ccc(-c4ccc(OC)c(F)c4F)cc3)c(F)c2F)CO1. The summed E-state index contributed by atoms with van der Waals surface area (Å²) in [5.74, 6) is -4.68. The third-order valence-electron chi connectivity index (χ3n) is 5.90. The molecule has 0 amide bonds. The average Bonchev–Trinajstić information content (AvgIpc) is 2.87. The van der Waals surface area contributed by atoms with Crippen molar-refractivity contribution in [3.8, 4) is 28.0 Å². The topological polar surface area (TPSA) is 27.7 Å². The first-order valence-electron chi connectivity index (χ1n) is 10.9. The van der Waals surface area contributed by atoms with Crippen LogP contribution in [0.15, 0.2) is 61.2 Å². The monoisotopic (exact) mass is 472 g/mol. The molecular formula is C27H24F4O3. The fourth-order valence-electron chi connectivity index (χ4n) is 3.99. The highest BCUT2D eigenvalue weighted by atomic mass is 19.2. The summed E-state index contributed by atoms with van der Waals surface area (Å²) in [5.41, 5.74) is 1.09. The maximum Gasteiger partial charge on any atom is 0.201 e. The summed E-state index contributed by atoms with van der Waals surface area (Å²) in [6.45, 7) is 4.12. The predicted molar refractivity (Wildman–Crippen MR) is 122 cm³/mol. The van der Waals surface area contributed by atoms with Gasteiger partial charge in [0.1, 0.15) is 0 Å². The Morgan fingerprint density at radius 1 is 0.824 bits per heavy atom. The Hall–Kier alpha value is -3.16. The third-order valence-corrected chi connectivity index (χ3v) is 5.90. The van der Waals surface area contributed by atoms with E-state index in [1.165, 1.54) is 55.6 Å². The van der Waals surface area contributed by atoms with Crippen molar-refractivity contribution in [1.29, 1.82) is 0 Å². The van der Waals surface area contributed by atoms with Crippen LogP contribution in [0, 0.1) is 23.3 Å². The molecule has 1 fully saturated rings. The Morgan fingerprint density at radius 2 is 1.38 bits per heavy atom. The van der Waals surface area contributed by atoms with Gasteiger partial charge in [0, 0.05) is 23.5 Å². The molecule has 0 unspecified atom stereocenters. The van der Waals surface area contributed by atoms with E-state index in [0.29, 0.717) is 17.5 Å². The molecule has 0 N–H and O–H groups in total. The van der Waals surface area contributed by atoms with E-state index >= 15 is 0 Å². The summed E-state index contributed by atoms with van der Waals surface area (Å²) >= 11 is 0. The fourth-order valence-corrected chi connectivity index (χ4v) is 3.99. The minimum absolute atomic E-state index is 0.0375. The number of halogens is 4. The Balaban J connectivity index is 1.54. The molecule has 0 radical (unpaired) electrons. The molecule has 0 aromatic heterocycles. The highest BCUT2D eigenvalue weighted by Crippen LogP contribution is 2.34. The number of rotatable bonds is 7. The Labute approximate surface area is 195 Å². The minimum Gasteiger partial charge on any atom is -0.494 e. The van der Waals surface area contributed by atoms with E-state index in [1.807, 2.05) is 0 Å². The summed E-state index contributed by atoms with van der Waals surface area (Å²) in [5, 5.41) is 0. The largest absolute Gasteiger partial charge is 0.494 e. The van der Waals surface area contributed by atoms with E-state index in [2.05, 4.69) is 6.58 Å². The highest BCUT2D eigenvalue weighted by Gasteiger charge is 2.27. The van der Waals surface area contributed by atoms with Crippen molar-refractivity contribution in [2.45, 2.75) is 25.0 Å². The molecule has 3 aromatic rings. The summed E-state index contributed by atoms with van der Waals surface area (Å²) < 4.78 is 74.4. The molecule has 1 aliphatic rings. The van der Waals surface area contributed by atoms with Crippen molar-refractivity contribution in [2.75, 3.05) is 20.3 Å². The number of allylic oxidation sites excluding steroid dienone is 1. The summed E-state index contributed by atoms with van der Waals surface area (Å²) in [6, 6.07) is 11.9. The first kappa shape index (κ1) is 24.0. The van der Waals surface area contributed by atoms with Crippen LogP contribution in [-0.2, 0) is 9.47 Å². The van der Waals surface area contributed by atoms with E-state index in [-0.39, 0.29) is 41.9 Å². The number of benzene rings is 3. The molecule has 7 heteroatoms. The van der Waals surface area contributed by atoms with Gasteiger partial charge in [-0.05, 0) is 35.2 Å². The van der Waals surface area contributed by atoms with Gasteiger partial charge in [0.25, 0.3) is 0 Å².